The van der Waals surface area contributed by atoms with Gasteiger partial charge in [-0.25, -0.2) is 0 Å². The summed E-state index contributed by atoms with van der Waals surface area (Å²) in [4.78, 5) is 10.4. The number of hydrogen-bond acceptors (Lipinski definition) is 4. The molecule has 13 heavy (non-hydrogen) atoms. The summed E-state index contributed by atoms with van der Waals surface area (Å²) >= 11 is 5.56. The van der Waals surface area contributed by atoms with E-state index in [1.165, 1.54) is 6.92 Å². The highest BCUT2D eigenvalue weighted by atomic mass is 35.5. The summed E-state index contributed by atoms with van der Waals surface area (Å²) in [6.45, 7) is 4.14. The molecule has 0 N–H and O–H groups in total. The second kappa shape index (κ2) is 8.29. The van der Waals surface area contributed by atoms with Crippen LogP contribution in [0.5, 0.6) is 0 Å². The van der Waals surface area contributed by atoms with Gasteiger partial charge in [-0.1, -0.05) is 0 Å². The first kappa shape index (κ1) is 12.7. The van der Waals surface area contributed by atoms with Crippen molar-refractivity contribution in [2.45, 2.75) is 20.0 Å². The molecule has 4 nitrogen and oxygen atoms in total. The molecule has 5 heteroatoms. The van der Waals surface area contributed by atoms with Crippen LogP contribution in [0.25, 0.3) is 0 Å². The van der Waals surface area contributed by atoms with Crippen molar-refractivity contribution < 1.29 is 19.0 Å². The zero-order chi connectivity index (χ0) is 10.1. The molecule has 1 unspecified atom stereocenters. The molecule has 0 amide bonds. The highest BCUT2D eigenvalue weighted by Crippen LogP contribution is 1.97. The maximum Gasteiger partial charge on any atom is 0.302 e. The van der Waals surface area contributed by atoms with Gasteiger partial charge >= 0.3 is 5.97 Å². The molecule has 0 aliphatic rings. The van der Waals surface area contributed by atoms with E-state index in [0.29, 0.717) is 6.61 Å². The predicted octanol–water partition coefficient (Wildman–Crippen LogP) is 1.17. The van der Waals surface area contributed by atoms with E-state index in [9.17, 15) is 4.79 Å². The normalized spacial score (nSPS) is 12.5. The molecule has 0 bridgehead atoms. The fourth-order valence-electron chi connectivity index (χ4n) is 0.575. The Morgan fingerprint density at radius 2 is 2.23 bits per heavy atom. The monoisotopic (exact) mass is 210 g/mol. The van der Waals surface area contributed by atoms with E-state index < -0.39 is 0 Å². The van der Waals surface area contributed by atoms with Gasteiger partial charge in [0.25, 0.3) is 0 Å². The van der Waals surface area contributed by atoms with Crippen molar-refractivity contribution in [3.63, 3.8) is 0 Å². The lowest BCUT2D eigenvalue weighted by atomic mass is 10.4. The maximum atomic E-state index is 10.4. The van der Waals surface area contributed by atoms with Crippen molar-refractivity contribution >= 4 is 17.6 Å². The van der Waals surface area contributed by atoms with Gasteiger partial charge in [-0.05, 0) is 6.92 Å². The molecule has 0 spiro atoms. The lowest BCUT2D eigenvalue weighted by Gasteiger charge is -2.14. The van der Waals surface area contributed by atoms with E-state index in [0.717, 1.165) is 0 Å². The minimum Gasteiger partial charge on any atom is -0.463 e. The van der Waals surface area contributed by atoms with Crippen LogP contribution in [-0.2, 0) is 19.0 Å². The topological polar surface area (TPSA) is 44.8 Å². The first-order valence-corrected chi connectivity index (χ1v) is 4.62. The lowest BCUT2D eigenvalue weighted by Crippen LogP contribution is -2.24. The Morgan fingerprint density at radius 1 is 1.54 bits per heavy atom. The third kappa shape index (κ3) is 8.02. The minimum absolute atomic E-state index is 0.173. The van der Waals surface area contributed by atoms with Crippen LogP contribution in [0.15, 0.2) is 0 Å². The number of halogens is 1. The molecular formula is C8H15ClO4. The van der Waals surface area contributed by atoms with Crippen LogP contribution in [0.2, 0.25) is 0 Å². The number of hydrogen-bond donors (Lipinski definition) is 0. The van der Waals surface area contributed by atoms with Gasteiger partial charge in [0.1, 0.15) is 19.5 Å². The highest BCUT2D eigenvalue weighted by molar-refractivity contribution is 6.18. The van der Waals surface area contributed by atoms with Gasteiger partial charge < -0.3 is 14.2 Å². The van der Waals surface area contributed by atoms with Crippen LogP contribution in [0.4, 0.5) is 0 Å². The number of carbonyl (C=O) groups is 1. The Kier molecular flexibility index (Phi) is 8.08. The van der Waals surface area contributed by atoms with Crippen molar-refractivity contribution in [3.05, 3.63) is 0 Å². The van der Waals surface area contributed by atoms with Gasteiger partial charge in [-0.2, -0.15) is 0 Å². The first-order chi connectivity index (χ1) is 6.20. The number of carbonyl (C=O) groups excluding carboxylic acids is 1. The number of rotatable bonds is 7. The van der Waals surface area contributed by atoms with Crippen molar-refractivity contribution in [1.29, 1.82) is 0 Å². The molecule has 0 aliphatic carbocycles. The van der Waals surface area contributed by atoms with E-state index in [1.54, 1.807) is 0 Å². The quantitative estimate of drug-likeness (QED) is 0.274. The second-order valence-electron chi connectivity index (χ2n) is 2.36. The van der Waals surface area contributed by atoms with E-state index in [4.69, 9.17) is 25.8 Å². The zero-order valence-corrected chi connectivity index (χ0v) is 8.67. The average Bonchev–Trinajstić information content (AvgIpc) is 2.10. The molecule has 0 saturated heterocycles. The predicted molar refractivity (Wildman–Crippen MR) is 48.7 cm³/mol. The summed E-state index contributed by atoms with van der Waals surface area (Å²) in [6, 6.07) is 0. The molecule has 0 heterocycles. The summed E-state index contributed by atoms with van der Waals surface area (Å²) in [7, 11) is 0. The first-order valence-electron chi connectivity index (χ1n) is 4.09. The van der Waals surface area contributed by atoms with Gasteiger partial charge in [-0.3, -0.25) is 4.79 Å². The smallest absolute Gasteiger partial charge is 0.302 e. The summed E-state index contributed by atoms with van der Waals surface area (Å²) in [5, 5.41) is 0. The number of alkyl halides is 1. The van der Waals surface area contributed by atoms with E-state index in [1.807, 2.05) is 6.92 Å². The van der Waals surface area contributed by atoms with E-state index in [-0.39, 0.29) is 31.4 Å². The Bertz CT molecular complexity index is 140. The highest BCUT2D eigenvalue weighted by Gasteiger charge is 2.09. The summed E-state index contributed by atoms with van der Waals surface area (Å²) in [5.41, 5.74) is 0. The average molecular weight is 211 g/mol. The van der Waals surface area contributed by atoms with Gasteiger partial charge in [0, 0.05) is 13.5 Å². The third-order valence-corrected chi connectivity index (χ3v) is 1.58. The molecule has 78 valence electrons. The van der Waals surface area contributed by atoms with Gasteiger partial charge in [0.15, 0.2) is 0 Å². The summed E-state index contributed by atoms with van der Waals surface area (Å²) in [6.07, 6.45) is -0.294. The summed E-state index contributed by atoms with van der Waals surface area (Å²) in [5.74, 6) is -0.0597. The van der Waals surface area contributed by atoms with Crippen LogP contribution in [0, 0.1) is 0 Å². The Hall–Kier alpha value is -0.320. The lowest BCUT2D eigenvalue weighted by molar-refractivity contribution is -0.149. The van der Waals surface area contributed by atoms with Crippen LogP contribution in [0.1, 0.15) is 13.8 Å². The van der Waals surface area contributed by atoms with Gasteiger partial charge in [-0.15, -0.1) is 11.6 Å². The maximum absolute atomic E-state index is 10.4. The zero-order valence-electron chi connectivity index (χ0n) is 7.92. The molecule has 0 aliphatic heterocycles. The largest absolute Gasteiger partial charge is 0.463 e. The Labute approximate surface area is 83.1 Å². The van der Waals surface area contributed by atoms with Crippen LogP contribution in [0.3, 0.4) is 0 Å². The Balaban J connectivity index is 3.45. The molecule has 0 aromatic rings. The molecule has 0 fully saturated rings. The fourth-order valence-corrected chi connectivity index (χ4v) is 0.753. The number of ether oxygens (including phenoxy) is 3. The fraction of sp³-hybridized carbons (Fsp3) is 0.875. The Morgan fingerprint density at radius 3 is 2.69 bits per heavy atom. The molecule has 0 radical (unpaired) electrons. The summed E-state index contributed by atoms with van der Waals surface area (Å²) < 4.78 is 14.8. The van der Waals surface area contributed by atoms with Crippen molar-refractivity contribution in [2.75, 3.05) is 25.9 Å². The van der Waals surface area contributed by atoms with Crippen LogP contribution >= 0.6 is 11.6 Å². The van der Waals surface area contributed by atoms with Gasteiger partial charge in [0.2, 0.25) is 0 Å². The molecule has 0 aromatic carbocycles. The SMILES string of the molecule is CCOCOC(CCl)COC(C)=O. The van der Waals surface area contributed by atoms with E-state index >= 15 is 0 Å². The van der Waals surface area contributed by atoms with Crippen LogP contribution < -0.4 is 0 Å². The van der Waals surface area contributed by atoms with Crippen LogP contribution in [-0.4, -0.2) is 38.0 Å². The van der Waals surface area contributed by atoms with Crippen molar-refractivity contribution in [2.24, 2.45) is 0 Å². The van der Waals surface area contributed by atoms with Gasteiger partial charge in [0.05, 0.1) is 5.88 Å². The molecular weight excluding hydrogens is 196 g/mol. The standard InChI is InChI=1S/C8H15ClO4/c1-3-11-6-13-8(4-9)5-12-7(2)10/h8H,3-6H2,1-2H3. The molecule has 0 aromatic heterocycles. The number of esters is 1. The molecule has 1 atom stereocenters. The van der Waals surface area contributed by atoms with Crippen molar-refractivity contribution in [3.8, 4) is 0 Å². The van der Waals surface area contributed by atoms with E-state index in [2.05, 4.69) is 0 Å². The third-order valence-electron chi connectivity index (χ3n) is 1.24. The molecule has 0 saturated carbocycles. The minimum atomic E-state index is -0.338. The second-order valence-corrected chi connectivity index (χ2v) is 2.66. The molecule has 0 rings (SSSR count). The van der Waals surface area contributed by atoms with Crippen molar-refractivity contribution in [1.82, 2.24) is 0 Å².